The Morgan fingerprint density at radius 2 is 2.17 bits per heavy atom. The zero-order valence-electron chi connectivity index (χ0n) is 13.8. The van der Waals surface area contributed by atoms with Crippen molar-refractivity contribution in [2.75, 3.05) is 6.54 Å². The summed E-state index contributed by atoms with van der Waals surface area (Å²) in [6.07, 6.45) is 5.04. The highest BCUT2D eigenvalue weighted by atomic mass is 127. The van der Waals surface area contributed by atoms with E-state index in [0.29, 0.717) is 18.7 Å². The van der Waals surface area contributed by atoms with Gasteiger partial charge in [0, 0.05) is 13.0 Å². The van der Waals surface area contributed by atoms with Gasteiger partial charge in [-0.2, -0.15) is 0 Å². The highest BCUT2D eigenvalue weighted by Gasteiger charge is 2.42. The van der Waals surface area contributed by atoms with Crippen LogP contribution in [0.2, 0.25) is 0 Å². The summed E-state index contributed by atoms with van der Waals surface area (Å²) in [7, 11) is 0. The second kappa shape index (κ2) is 7.29. The minimum atomic E-state index is -0.494. The Morgan fingerprint density at radius 3 is 2.92 bits per heavy atom. The van der Waals surface area contributed by atoms with Crippen molar-refractivity contribution in [3.63, 3.8) is 0 Å². The third-order valence-corrected chi connectivity index (χ3v) is 5.72. The van der Waals surface area contributed by atoms with Crippen molar-refractivity contribution in [2.24, 2.45) is 0 Å². The molecule has 0 spiro atoms. The van der Waals surface area contributed by atoms with Gasteiger partial charge in [0.15, 0.2) is 0 Å². The van der Waals surface area contributed by atoms with Crippen LogP contribution in [-0.2, 0) is 22.4 Å². The number of amides is 2. The molecule has 3 rings (SSSR count). The number of unbranched alkanes of at least 4 members (excludes halogenated alkanes) is 1. The highest BCUT2D eigenvalue weighted by molar-refractivity contribution is 14.1. The number of benzene rings is 1. The Kier molecular flexibility index (Phi) is 5.32. The van der Waals surface area contributed by atoms with Crippen molar-refractivity contribution in [1.82, 2.24) is 10.2 Å². The summed E-state index contributed by atoms with van der Waals surface area (Å²) in [5.41, 5.74) is 1.91. The van der Waals surface area contributed by atoms with Crippen LogP contribution < -0.4 is 5.32 Å². The number of fused-ring (bicyclic) bond motifs is 1. The molecule has 2 aliphatic rings. The summed E-state index contributed by atoms with van der Waals surface area (Å²) in [4.78, 5) is 26.6. The number of nitrogens with zero attached hydrogens (tertiary/aromatic N) is 1. The summed E-state index contributed by atoms with van der Waals surface area (Å²) in [6.45, 7) is 2.80. The molecule has 2 aliphatic heterocycles. The first-order chi connectivity index (χ1) is 11.5. The summed E-state index contributed by atoms with van der Waals surface area (Å²) in [5, 5.41) is 13.1. The second-order valence-corrected chi connectivity index (χ2v) is 7.81. The molecule has 5 nitrogen and oxygen atoms in total. The van der Waals surface area contributed by atoms with E-state index < -0.39 is 6.04 Å². The van der Waals surface area contributed by atoms with E-state index in [0.717, 1.165) is 46.8 Å². The fourth-order valence-electron chi connectivity index (χ4n) is 3.60. The van der Waals surface area contributed by atoms with Gasteiger partial charge >= 0.3 is 0 Å². The van der Waals surface area contributed by atoms with Crippen molar-refractivity contribution in [2.45, 2.75) is 57.5 Å². The number of halogens is 1. The number of piperazine rings is 1. The molecule has 6 heteroatoms. The van der Waals surface area contributed by atoms with Gasteiger partial charge in [-0.1, -0.05) is 19.4 Å². The number of phenols is 1. The van der Waals surface area contributed by atoms with E-state index in [4.69, 9.17) is 0 Å². The van der Waals surface area contributed by atoms with E-state index in [1.54, 1.807) is 4.90 Å². The summed E-state index contributed by atoms with van der Waals surface area (Å²) in [6, 6.07) is 3.11. The summed E-state index contributed by atoms with van der Waals surface area (Å²) < 4.78 is 0.796. The second-order valence-electron chi connectivity index (χ2n) is 6.64. The van der Waals surface area contributed by atoms with Gasteiger partial charge in [0.2, 0.25) is 11.8 Å². The molecular formula is C18H23IN2O3. The SMILES string of the molecule is CCCCc1cc(C[C@@H]2NC(=O)[C@@H]3CCCN3C2=O)cc(I)c1O. The van der Waals surface area contributed by atoms with E-state index in [9.17, 15) is 14.7 Å². The van der Waals surface area contributed by atoms with Crippen LogP contribution in [0, 0.1) is 3.57 Å². The van der Waals surface area contributed by atoms with Crippen LogP contribution in [0.5, 0.6) is 5.75 Å². The van der Waals surface area contributed by atoms with Gasteiger partial charge in [0.05, 0.1) is 3.57 Å². The molecule has 2 N–H and O–H groups in total. The Labute approximate surface area is 155 Å². The molecule has 0 bridgehead atoms. The zero-order valence-corrected chi connectivity index (χ0v) is 16.0. The molecule has 0 aromatic heterocycles. The van der Waals surface area contributed by atoms with Crippen LogP contribution in [0.4, 0.5) is 0 Å². The highest BCUT2D eigenvalue weighted by Crippen LogP contribution is 2.29. The average Bonchev–Trinajstić information content (AvgIpc) is 3.04. The van der Waals surface area contributed by atoms with Crippen LogP contribution in [0.25, 0.3) is 0 Å². The maximum atomic E-state index is 12.6. The van der Waals surface area contributed by atoms with Crippen molar-refractivity contribution < 1.29 is 14.7 Å². The lowest BCUT2D eigenvalue weighted by molar-refractivity contribution is -0.146. The molecule has 2 heterocycles. The molecule has 2 fully saturated rings. The number of rotatable bonds is 5. The van der Waals surface area contributed by atoms with Crippen molar-refractivity contribution in [1.29, 1.82) is 0 Å². The number of phenolic OH excluding ortho intramolecular Hbond substituents is 1. The van der Waals surface area contributed by atoms with Crippen LogP contribution in [0.1, 0.15) is 43.7 Å². The Bertz CT molecular complexity index is 662. The maximum Gasteiger partial charge on any atom is 0.246 e. The van der Waals surface area contributed by atoms with Crippen LogP contribution >= 0.6 is 22.6 Å². The van der Waals surface area contributed by atoms with Crippen LogP contribution in [0.3, 0.4) is 0 Å². The van der Waals surface area contributed by atoms with Gasteiger partial charge in [-0.05, 0) is 65.5 Å². The first-order valence-electron chi connectivity index (χ1n) is 8.62. The Morgan fingerprint density at radius 1 is 1.38 bits per heavy atom. The summed E-state index contributed by atoms with van der Waals surface area (Å²) >= 11 is 2.12. The van der Waals surface area contributed by atoms with Gasteiger partial charge in [-0.3, -0.25) is 9.59 Å². The molecule has 0 unspecified atom stereocenters. The van der Waals surface area contributed by atoms with Gasteiger partial charge in [-0.15, -0.1) is 0 Å². The van der Waals surface area contributed by atoms with Crippen molar-refractivity contribution in [3.8, 4) is 5.75 Å². The molecule has 0 saturated carbocycles. The van der Waals surface area contributed by atoms with E-state index in [1.165, 1.54) is 0 Å². The van der Waals surface area contributed by atoms with E-state index in [2.05, 4.69) is 34.8 Å². The Hall–Kier alpha value is -1.31. The van der Waals surface area contributed by atoms with Crippen LogP contribution in [0.15, 0.2) is 12.1 Å². The molecule has 2 atom stereocenters. The van der Waals surface area contributed by atoms with Crippen LogP contribution in [-0.4, -0.2) is 40.4 Å². The predicted octanol–water partition coefficient (Wildman–Crippen LogP) is 2.37. The number of hydrogen-bond donors (Lipinski definition) is 2. The smallest absolute Gasteiger partial charge is 0.246 e. The van der Waals surface area contributed by atoms with Gasteiger partial charge < -0.3 is 15.3 Å². The minimum Gasteiger partial charge on any atom is -0.507 e. The lowest BCUT2D eigenvalue weighted by Gasteiger charge is -2.34. The van der Waals surface area contributed by atoms with E-state index in [1.807, 2.05) is 12.1 Å². The molecule has 1 aromatic carbocycles. The van der Waals surface area contributed by atoms with Gasteiger partial charge in [0.25, 0.3) is 0 Å². The predicted molar refractivity (Wildman–Crippen MR) is 99.8 cm³/mol. The first kappa shape index (κ1) is 17.5. The lowest BCUT2D eigenvalue weighted by atomic mass is 9.97. The topological polar surface area (TPSA) is 69.6 Å². The molecule has 0 radical (unpaired) electrons. The number of aryl methyl sites for hydroxylation is 1. The number of carbonyl (C=O) groups is 2. The lowest BCUT2D eigenvalue weighted by Crippen LogP contribution is -2.61. The fourth-order valence-corrected chi connectivity index (χ4v) is 4.35. The number of hydrogen-bond acceptors (Lipinski definition) is 3. The van der Waals surface area contributed by atoms with Crippen molar-refractivity contribution in [3.05, 3.63) is 26.8 Å². The third kappa shape index (κ3) is 3.38. The standard InChI is InChI=1S/C18H23IN2O3/c1-2-3-5-12-8-11(9-13(19)16(12)22)10-14-18(24)21-7-4-6-15(21)17(23)20-14/h8-9,14-15,22H,2-7,10H2,1H3,(H,20,23)/t14-,15-/m0/s1. The normalized spacial score (nSPS) is 23.3. The van der Waals surface area contributed by atoms with Crippen molar-refractivity contribution >= 4 is 34.4 Å². The fraction of sp³-hybridized carbons (Fsp3) is 0.556. The van der Waals surface area contributed by atoms with E-state index >= 15 is 0 Å². The zero-order chi connectivity index (χ0) is 17.3. The number of nitrogens with one attached hydrogen (secondary N) is 1. The Balaban J connectivity index is 1.79. The largest absolute Gasteiger partial charge is 0.507 e. The number of carbonyl (C=O) groups excluding carboxylic acids is 2. The maximum absolute atomic E-state index is 12.6. The molecular weight excluding hydrogens is 419 g/mol. The monoisotopic (exact) mass is 442 g/mol. The third-order valence-electron chi connectivity index (χ3n) is 4.89. The molecule has 0 aliphatic carbocycles. The van der Waals surface area contributed by atoms with Gasteiger partial charge in [-0.25, -0.2) is 0 Å². The van der Waals surface area contributed by atoms with E-state index in [-0.39, 0.29) is 17.9 Å². The molecule has 2 amide bonds. The quantitative estimate of drug-likeness (QED) is 0.689. The summed E-state index contributed by atoms with van der Waals surface area (Å²) in [5.74, 6) is 0.332. The molecule has 130 valence electrons. The van der Waals surface area contributed by atoms with Gasteiger partial charge in [0.1, 0.15) is 17.8 Å². The first-order valence-corrected chi connectivity index (χ1v) is 9.70. The molecule has 2 saturated heterocycles. The average molecular weight is 442 g/mol. The number of aromatic hydroxyl groups is 1. The molecule has 24 heavy (non-hydrogen) atoms. The molecule has 1 aromatic rings. The minimum absolute atomic E-state index is 0.0234.